The van der Waals surface area contributed by atoms with Crippen molar-refractivity contribution < 1.29 is 9.15 Å². The Bertz CT molecular complexity index is 439. The van der Waals surface area contributed by atoms with Crippen molar-refractivity contribution in [2.75, 3.05) is 7.11 Å². The summed E-state index contributed by atoms with van der Waals surface area (Å²) < 4.78 is 10.9. The molecule has 0 spiro atoms. The second kappa shape index (κ2) is 4.92. The van der Waals surface area contributed by atoms with Gasteiger partial charge in [-0.15, -0.1) is 0 Å². The number of rotatable bonds is 4. The molecule has 2 aromatic rings. The number of aromatic nitrogens is 1. The highest BCUT2D eigenvalue weighted by atomic mass is 16.5. The first-order chi connectivity index (χ1) is 7.85. The molecule has 0 bridgehead atoms. The first-order valence-electron chi connectivity index (χ1n) is 5.07. The van der Waals surface area contributed by atoms with E-state index in [0.717, 1.165) is 5.56 Å². The molecule has 0 aliphatic rings. The quantitative estimate of drug-likeness (QED) is 0.851. The third kappa shape index (κ3) is 2.13. The smallest absolute Gasteiger partial charge is 0.208 e. The van der Waals surface area contributed by atoms with Crippen LogP contribution < -0.4 is 5.73 Å². The Kier molecular flexibility index (Phi) is 3.34. The molecule has 4 nitrogen and oxygen atoms in total. The zero-order chi connectivity index (χ0) is 11.4. The molecule has 0 saturated heterocycles. The molecule has 2 rings (SSSR count). The van der Waals surface area contributed by atoms with E-state index < -0.39 is 0 Å². The number of ether oxygens (including phenoxy) is 1. The van der Waals surface area contributed by atoms with E-state index in [1.165, 1.54) is 0 Å². The van der Waals surface area contributed by atoms with Crippen LogP contribution in [0.3, 0.4) is 0 Å². The van der Waals surface area contributed by atoms with Crippen molar-refractivity contribution in [3.05, 3.63) is 53.7 Å². The van der Waals surface area contributed by atoms with Gasteiger partial charge in [0.15, 0.2) is 5.76 Å². The Balaban J connectivity index is 2.29. The minimum absolute atomic E-state index is 0.228. The number of benzene rings is 1. The molecule has 2 N–H and O–H groups in total. The minimum atomic E-state index is -0.228. The molecule has 0 saturated carbocycles. The highest BCUT2D eigenvalue weighted by Crippen LogP contribution is 2.25. The average molecular weight is 218 g/mol. The summed E-state index contributed by atoms with van der Waals surface area (Å²) in [5.74, 6) is 1.20. The Morgan fingerprint density at radius 1 is 1.38 bits per heavy atom. The molecule has 84 valence electrons. The van der Waals surface area contributed by atoms with Gasteiger partial charge in [-0.05, 0) is 5.56 Å². The molecular formula is C12H14N2O2. The maximum Gasteiger partial charge on any atom is 0.208 e. The monoisotopic (exact) mass is 218 g/mol. The Labute approximate surface area is 94.1 Å². The van der Waals surface area contributed by atoms with Crippen LogP contribution in [0.25, 0.3) is 0 Å². The zero-order valence-electron chi connectivity index (χ0n) is 9.09. The van der Waals surface area contributed by atoms with Crippen molar-refractivity contribution in [1.29, 1.82) is 0 Å². The third-order valence-electron chi connectivity index (χ3n) is 2.34. The lowest BCUT2D eigenvalue weighted by atomic mass is 10.1. The van der Waals surface area contributed by atoms with E-state index in [2.05, 4.69) is 4.98 Å². The van der Waals surface area contributed by atoms with E-state index in [0.29, 0.717) is 18.2 Å². The van der Waals surface area contributed by atoms with E-state index in [4.69, 9.17) is 14.9 Å². The lowest BCUT2D eigenvalue weighted by Crippen LogP contribution is -2.02. The van der Waals surface area contributed by atoms with Crippen molar-refractivity contribution in [1.82, 2.24) is 4.98 Å². The summed E-state index contributed by atoms with van der Waals surface area (Å²) in [5.41, 5.74) is 6.48. The van der Waals surface area contributed by atoms with E-state index >= 15 is 0 Å². The summed E-state index contributed by atoms with van der Waals surface area (Å²) >= 11 is 0. The van der Waals surface area contributed by atoms with Crippen molar-refractivity contribution in [3.8, 4) is 0 Å². The first kappa shape index (κ1) is 10.9. The molecule has 0 aliphatic carbocycles. The van der Waals surface area contributed by atoms with Crippen LogP contribution in [0.1, 0.15) is 23.3 Å². The first-order valence-corrected chi connectivity index (χ1v) is 5.07. The maximum absolute atomic E-state index is 5.48. The highest BCUT2D eigenvalue weighted by molar-refractivity contribution is 5.23. The van der Waals surface area contributed by atoms with Gasteiger partial charge in [-0.3, -0.25) is 0 Å². The number of methoxy groups -OCH3 is 1. The van der Waals surface area contributed by atoms with Crippen molar-refractivity contribution in [2.45, 2.75) is 12.6 Å². The molecular weight excluding hydrogens is 204 g/mol. The number of oxazole rings is 1. The lowest BCUT2D eigenvalue weighted by molar-refractivity contribution is 0.115. The summed E-state index contributed by atoms with van der Waals surface area (Å²) in [7, 11) is 1.64. The van der Waals surface area contributed by atoms with Gasteiger partial charge in [0, 0.05) is 7.11 Å². The summed E-state index contributed by atoms with van der Waals surface area (Å²) in [5, 5.41) is 0. The maximum atomic E-state index is 5.48. The molecule has 1 aromatic carbocycles. The second-order valence-electron chi connectivity index (χ2n) is 3.39. The summed E-state index contributed by atoms with van der Waals surface area (Å²) in [4.78, 5) is 4.06. The SMILES string of the molecule is COC(c1ccccc1)c1cnc(CN)o1. The summed E-state index contributed by atoms with van der Waals surface area (Å²) in [6.45, 7) is 0.297. The van der Waals surface area contributed by atoms with E-state index in [9.17, 15) is 0 Å². The van der Waals surface area contributed by atoms with Gasteiger partial charge in [-0.25, -0.2) is 4.98 Å². The fourth-order valence-corrected chi connectivity index (χ4v) is 1.58. The van der Waals surface area contributed by atoms with E-state index in [1.54, 1.807) is 13.3 Å². The van der Waals surface area contributed by atoms with E-state index in [-0.39, 0.29) is 6.10 Å². The Hall–Kier alpha value is -1.65. The Morgan fingerprint density at radius 2 is 2.12 bits per heavy atom. The zero-order valence-corrected chi connectivity index (χ0v) is 9.09. The molecule has 1 atom stereocenters. The fourth-order valence-electron chi connectivity index (χ4n) is 1.58. The predicted molar refractivity (Wildman–Crippen MR) is 59.7 cm³/mol. The van der Waals surface area contributed by atoms with Crippen LogP contribution in [0.4, 0.5) is 0 Å². The van der Waals surface area contributed by atoms with Crippen LogP contribution in [-0.4, -0.2) is 12.1 Å². The average Bonchev–Trinajstić information content (AvgIpc) is 2.80. The van der Waals surface area contributed by atoms with Crippen LogP contribution in [-0.2, 0) is 11.3 Å². The van der Waals surface area contributed by atoms with Gasteiger partial charge in [-0.1, -0.05) is 30.3 Å². The fraction of sp³-hybridized carbons (Fsp3) is 0.250. The van der Waals surface area contributed by atoms with Crippen molar-refractivity contribution in [2.24, 2.45) is 5.73 Å². The molecule has 0 amide bonds. The number of nitrogens with zero attached hydrogens (tertiary/aromatic N) is 1. The number of hydrogen-bond acceptors (Lipinski definition) is 4. The third-order valence-corrected chi connectivity index (χ3v) is 2.34. The molecule has 0 fully saturated rings. The van der Waals surface area contributed by atoms with Crippen LogP contribution in [0.15, 0.2) is 40.9 Å². The normalized spacial score (nSPS) is 12.6. The topological polar surface area (TPSA) is 61.3 Å². The molecule has 1 unspecified atom stereocenters. The van der Waals surface area contributed by atoms with Gasteiger partial charge in [0.1, 0.15) is 6.10 Å². The molecule has 1 heterocycles. The minimum Gasteiger partial charge on any atom is -0.441 e. The molecule has 0 radical (unpaired) electrons. The molecule has 0 aliphatic heterocycles. The molecule has 1 aromatic heterocycles. The summed E-state index contributed by atoms with van der Waals surface area (Å²) in [6, 6.07) is 9.85. The van der Waals surface area contributed by atoms with Gasteiger partial charge in [-0.2, -0.15) is 0 Å². The van der Waals surface area contributed by atoms with Crippen LogP contribution in [0.2, 0.25) is 0 Å². The van der Waals surface area contributed by atoms with Crippen molar-refractivity contribution in [3.63, 3.8) is 0 Å². The molecule has 4 heteroatoms. The van der Waals surface area contributed by atoms with Gasteiger partial charge in [0.05, 0.1) is 12.7 Å². The number of hydrogen-bond donors (Lipinski definition) is 1. The molecule has 16 heavy (non-hydrogen) atoms. The largest absolute Gasteiger partial charge is 0.441 e. The van der Waals surface area contributed by atoms with Crippen LogP contribution >= 0.6 is 0 Å². The summed E-state index contributed by atoms with van der Waals surface area (Å²) in [6.07, 6.45) is 1.43. The standard InChI is InChI=1S/C12H14N2O2/c1-15-12(9-5-3-2-4-6-9)10-8-14-11(7-13)16-10/h2-6,8,12H,7,13H2,1H3. The van der Waals surface area contributed by atoms with Crippen molar-refractivity contribution >= 4 is 0 Å². The van der Waals surface area contributed by atoms with Gasteiger partial charge < -0.3 is 14.9 Å². The number of nitrogens with two attached hydrogens (primary N) is 1. The van der Waals surface area contributed by atoms with Gasteiger partial charge in [0.2, 0.25) is 5.89 Å². The van der Waals surface area contributed by atoms with E-state index in [1.807, 2.05) is 30.3 Å². The second-order valence-corrected chi connectivity index (χ2v) is 3.39. The van der Waals surface area contributed by atoms with Gasteiger partial charge >= 0.3 is 0 Å². The van der Waals surface area contributed by atoms with Crippen LogP contribution in [0, 0.1) is 0 Å². The van der Waals surface area contributed by atoms with Crippen LogP contribution in [0.5, 0.6) is 0 Å². The Morgan fingerprint density at radius 3 is 2.69 bits per heavy atom. The highest BCUT2D eigenvalue weighted by Gasteiger charge is 2.17. The predicted octanol–water partition coefficient (Wildman–Crippen LogP) is 1.87. The lowest BCUT2D eigenvalue weighted by Gasteiger charge is -2.12. The van der Waals surface area contributed by atoms with Gasteiger partial charge in [0.25, 0.3) is 0 Å².